The van der Waals surface area contributed by atoms with Crippen LogP contribution in [0.5, 0.6) is 0 Å². The van der Waals surface area contributed by atoms with E-state index >= 15 is 0 Å². The molecule has 2 rings (SSSR count). The molecule has 0 aliphatic carbocycles. The van der Waals surface area contributed by atoms with Gasteiger partial charge in [0, 0.05) is 12.1 Å². The summed E-state index contributed by atoms with van der Waals surface area (Å²) in [5.74, 6) is -1.04. The van der Waals surface area contributed by atoms with Crippen molar-refractivity contribution in [1.82, 2.24) is 5.16 Å². The smallest absolute Gasteiger partial charge is 0.179 e. The van der Waals surface area contributed by atoms with Gasteiger partial charge in [-0.15, -0.1) is 0 Å². The summed E-state index contributed by atoms with van der Waals surface area (Å²) < 4.78 is 33.4. The zero-order chi connectivity index (χ0) is 11.5. The fourth-order valence-electron chi connectivity index (χ4n) is 0.955. The summed E-state index contributed by atoms with van der Waals surface area (Å²) in [5.41, 5.74) is 0. The van der Waals surface area contributed by atoms with Crippen molar-refractivity contribution in [3.8, 4) is 0 Å². The molecule has 0 saturated heterocycles. The van der Waals surface area contributed by atoms with Crippen LogP contribution in [0, 0.1) is 11.6 Å². The minimum absolute atomic E-state index is 0.133. The van der Waals surface area contributed by atoms with Crippen LogP contribution in [0.3, 0.4) is 0 Å². The first-order chi connectivity index (χ1) is 7.66. The van der Waals surface area contributed by atoms with Gasteiger partial charge in [0.2, 0.25) is 0 Å². The maximum absolute atomic E-state index is 13.3. The van der Waals surface area contributed by atoms with Crippen LogP contribution < -0.4 is 4.72 Å². The molecule has 0 amide bonds. The zero-order valence-corrected chi connectivity index (χ0v) is 9.28. The Morgan fingerprint density at radius 2 is 2.12 bits per heavy atom. The average Bonchev–Trinajstić information content (AvgIpc) is 2.74. The van der Waals surface area contributed by atoms with Crippen molar-refractivity contribution in [2.75, 3.05) is 4.72 Å². The molecule has 0 aliphatic heterocycles. The number of benzene rings is 1. The number of rotatable bonds is 3. The van der Waals surface area contributed by atoms with E-state index in [4.69, 9.17) is 11.6 Å². The second-order valence-electron chi connectivity index (χ2n) is 2.79. The van der Waals surface area contributed by atoms with Crippen LogP contribution in [0.4, 0.5) is 14.6 Å². The lowest BCUT2D eigenvalue weighted by Gasteiger charge is -2.04. The van der Waals surface area contributed by atoms with Gasteiger partial charge >= 0.3 is 0 Å². The highest BCUT2D eigenvalue weighted by atomic mass is 35.5. The standard InChI is InChI=1S/C9H5ClF2N2OS/c10-5-3-8(7(12)4-6(5)11)16-14-9-1-2-15-13-9/h1-4H,(H,13,14). The second kappa shape index (κ2) is 4.71. The monoisotopic (exact) mass is 262 g/mol. The Morgan fingerprint density at radius 1 is 1.31 bits per heavy atom. The van der Waals surface area contributed by atoms with Gasteiger partial charge in [-0.3, -0.25) is 0 Å². The molecule has 0 spiro atoms. The minimum Gasteiger partial charge on any atom is -0.363 e. The van der Waals surface area contributed by atoms with E-state index in [-0.39, 0.29) is 9.92 Å². The molecule has 7 heteroatoms. The van der Waals surface area contributed by atoms with Crippen molar-refractivity contribution in [1.29, 1.82) is 0 Å². The Kier molecular flexibility index (Phi) is 3.31. The van der Waals surface area contributed by atoms with Crippen LogP contribution in [0.25, 0.3) is 0 Å². The first-order valence-corrected chi connectivity index (χ1v) is 5.34. The predicted octanol–water partition coefficient (Wildman–Crippen LogP) is 3.73. The van der Waals surface area contributed by atoms with Crippen LogP contribution in [0.15, 0.2) is 33.9 Å². The van der Waals surface area contributed by atoms with E-state index in [1.54, 1.807) is 6.07 Å². The molecule has 0 saturated carbocycles. The molecule has 0 atom stereocenters. The zero-order valence-electron chi connectivity index (χ0n) is 7.71. The Labute approximate surface area is 98.9 Å². The van der Waals surface area contributed by atoms with E-state index in [0.29, 0.717) is 5.82 Å². The lowest BCUT2D eigenvalue weighted by atomic mass is 10.3. The molecule has 0 unspecified atom stereocenters. The van der Waals surface area contributed by atoms with Crippen molar-refractivity contribution < 1.29 is 13.3 Å². The Balaban J connectivity index is 2.12. The fourth-order valence-corrected chi connectivity index (χ4v) is 1.84. The normalized spacial score (nSPS) is 10.4. The highest BCUT2D eigenvalue weighted by Gasteiger charge is 2.09. The van der Waals surface area contributed by atoms with Gasteiger partial charge < -0.3 is 9.25 Å². The van der Waals surface area contributed by atoms with Gasteiger partial charge in [-0.25, -0.2) is 8.78 Å². The Hall–Kier alpha value is -1.27. The van der Waals surface area contributed by atoms with Crippen LogP contribution in [-0.4, -0.2) is 5.16 Å². The van der Waals surface area contributed by atoms with Crippen molar-refractivity contribution in [3.05, 3.63) is 41.1 Å². The van der Waals surface area contributed by atoms with E-state index in [1.807, 2.05) is 0 Å². The summed E-state index contributed by atoms with van der Waals surface area (Å²) in [6.07, 6.45) is 1.37. The van der Waals surface area contributed by atoms with Gasteiger partial charge in [0.25, 0.3) is 0 Å². The molecule has 16 heavy (non-hydrogen) atoms. The third kappa shape index (κ3) is 2.45. The highest BCUT2D eigenvalue weighted by molar-refractivity contribution is 8.00. The van der Waals surface area contributed by atoms with Crippen molar-refractivity contribution >= 4 is 29.4 Å². The SMILES string of the molecule is Fc1cc(F)c(SNc2ccon2)cc1Cl. The number of anilines is 1. The van der Waals surface area contributed by atoms with E-state index in [1.165, 1.54) is 12.3 Å². The Morgan fingerprint density at radius 3 is 2.81 bits per heavy atom. The number of aromatic nitrogens is 1. The number of nitrogens with one attached hydrogen (secondary N) is 1. The molecule has 3 nitrogen and oxygen atoms in total. The summed E-state index contributed by atoms with van der Waals surface area (Å²) in [4.78, 5) is 0.175. The van der Waals surface area contributed by atoms with Gasteiger partial charge in [-0.1, -0.05) is 16.8 Å². The number of hydrogen-bond acceptors (Lipinski definition) is 4. The molecule has 0 fully saturated rings. The van der Waals surface area contributed by atoms with Crippen LogP contribution in [0.1, 0.15) is 0 Å². The number of halogens is 3. The van der Waals surface area contributed by atoms with Crippen LogP contribution >= 0.6 is 23.5 Å². The van der Waals surface area contributed by atoms with E-state index in [0.717, 1.165) is 18.0 Å². The first-order valence-electron chi connectivity index (χ1n) is 4.14. The fraction of sp³-hybridized carbons (Fsp3) is 0. The third-order valence-electron chi connectivity index (χ3n) is 1.68. The first kappa shape index (κ1) is 11.2. The lowest BCUT2D eigenvalue weighted by molar-refractivity contribution is 0.423. The van der Waals surface area contributed by atoms with E-state index < -0.39 is 11.6 Å². The molecule has 84 valence electrons. The molecule has 0 radical (unpaired) electrons. The molecule has 0 bridgehead atoms. The third-order valence-corrected chi connectivity index (χ3v) is 2.81. The van der Waals surface area contributed by atoms with Crippen LogP contribution in [-0.2, 0) is 0 Å². The Bertz CT molecular complexity index is 493. The quantitative estimate of drug-likeness (QED) is 0.676. The molecule has 0 aliphatic rings. The second-order valence-corrected chi connectivity index (χ2v) is 4.04. The van der Waals surface area contributed by atoms with Crippen molar-refractivity contribution in [2.45, 2.75) is 4.90 Å². The maximum atomic E-state index is 13.3. The topological polar surface area (TPSA) is 38.1 Å². The van der Waals surface area contributed by atoms with Gasteiger partial charge in [-0.05, 0) is 18.0 Å². The van der Waals surface area contributed by atoms with Gasteiger partial charge in [-0.2, -0.15) is 0 Å². The van der Waals surface area contributed by atoms with Gasteiger partial charge in [0.1, 0.15) is 17.9 Å². The van der Waals surface area contributed by atoms with Crippen molar-refractivity contribution in [3.63, 3.8) is 0 Å². The van der Waals surface area contributed by atoms with E-state index in [2.05, 4.69) is 14.4 Å². The molecular formula is C9H5ClF2N2OS. The number of hydrogen-bond donors (Lipinski definition) is 1. The molecule has 1 aromatic carbocycles. The summed E-state index contributed by atoms with van der Waals surface area (Å²) in [6.45, 7) is 0. The average molecular weight is 263 g/mol. The summed E-state index contributed by atoms with van der Waals surface area (Å²) in [6, 6.07) is 3.50. The molecule has 2 aromatic rings. The summed E-state index contributed by atoms with van der Waals surface area (Å²) >= 11 is 6.46. The van der Waals surface area contributed by atoms with Gasteiger partial charge in [0.05, 0.1) is 9.92 Å². The van der Waals surface area contributed by atoms with Crippen LogP contribution in [0.2, 0.25) is 5.02 Å². The molecular weight excluding hydrogens is 258 g/mol. The highest BCUT2D eigenvalue weighted by Crippen LogP contribution is 2.27. The summed E-state index contributed by atoms with van der Waals surface area (Å²) in [7, 11) is 0. The minimum atomic E-state index is -0.787. The summed E-state index contributed by atoms with van der Waals surface area (Å²) in [5, 5.41) is 3.43. The largest absolute Gasteiger partial charge is 0.363 e. The predicted molar refractivity (Wildman–Crippen MR) is 57.4 cm³/mol. The van der Waals surface area contributed by atoms with Crippen molar-refractivity contribution in [2.24, 2.45) is 0 Å². The molecule has 1 aromatic heterocycles. The molecule has 1 N–H and O–H groups in total. The lowest BCUT2D eigenvalue weighted by Crippen LogP contribution is -1.91. The number of nitrogens with zero attached hydrogens (tertiary/aromatic N) is 1. The van der Waals surface area contributed by atoms with Gasteiger partial charge in [0.15, 0.2) is 5.82 Å². The maximum Gasteiger partial charge on any atom is 0.179 e. The van der Waals surface area contributed by atoms with E-state index in [9.17, 15) is 8.78 Å². The molecule has 1 heterocycles.